The van der Waals surface area contributed by atoms with Crippen LogP contribution >= 0.6 is 0 Å². The van der Waals surface area contributed by atoms with E-state index in [1.165, 1.54) is 11.9 Å². The number of benzene rings is 2. The van der Waals surface area contributed by atoms with Gasteiger partial charge in [0, 0.05) is 18.5 Å². The number of nitrogens with one attached hydrogen (secondary N) is 2. The zero-order valence-electron chi connectivity index (χ0n) is 15.1. The molecule has 2 amide bonds. The quantitative estimate of drug-likeness (QED) is 0.680. The van der Waals surface area contributed by atoms with E-state index in [0.29, 0.717) is 19.6 Å². The highest BCUT2D eigenvalue weighted by molar-refractivity contribution is 5.74. The van der Waals surface area contributed by atoms with E-state index >= 15 is 0 Å². The van der Waals surface area contributed by atoms with Gasteiger partial charge in [-0.2, -0.15) is 5.10 Å². The largest absolute Gasteiger partial charge is 0.337 e. The number of hydrogen-bond donors (Lipinski definition) is 2. The second-order valence-corrected chi connectivity index (χ2v) is 7.04. The van der Waals surface area contributed by atoms with E-state index in [2.05, 4.69) is 45.0 Å². The highest BCUT2D eigenvalue weighted by Gasteiger charge is 2.44. The molecule has 1 saturated carbocycles. The maximum atomic E-state index is 12.3. The Labute approximate surface area is 158 Å². The van der Waals surface area contributed by atoms with E-state index in [0.717, 1.165) is 24.0 Å². The normalized spacial score (nSPS) is 14.5. The van der Waals surface area contributed by atoms with Gasteiger partial charge in [0.1, 0.15) is 12.7 Å². The van der Waals surface area contributed by atoms with Gasteiger partial charge < -0.3 is 10.6 Å². The summed E-state index contributed by atoms with van der Waals surface area (Å²) in [5.41, 5.74) is 3.62. The van der Waals surface area contributed by atoms with Crippen molar-refractivity contribution in [2.45, 2.75) is 31.3 Å². The van der Waals surface area contributed by atoms with Gasteiger partial charge in [-0.05, 0) is 29.5 Å². The lowest BCUT2D eigenvalue weighted by molar-refractivity contribution is 0.239. The smallest absolute Gasteiger partial charge is 0.315 e. The molecule has 0 unspecified atom stereocenters. The lowest BCUT2D eigenvalue weighted by Gasteiger charge is -2.17. The summed E-state index contributed by atoms with van der Waals surface area (Å²) < 4.78 is 1.77. The molecule has 3 aromatic rings. The van der Waals surface area contributed by atoms with Crippen molar-refractivity contribution in [3.05, 3.63) is 83.9 Å². The highest BCUT2D eigenvalue weighted by atomic mass is 16.2. The first-order chi connectivity index (χ1) is 13.3. The Morgan fingerprint density at radius 3 is 2.44 bits per heavy atom. The number of nitrogens with zero attached hydrogens (tertiary/aromatic N) is 3. The molecule has 0 bridgehead atoms. The molecule has 0 aliphatic heterocycles. The Balaban J connectivity index is 1.31. The van der Waals surface area contributed by atoms with Crippen LogP contribution in [-0.4, -0.2) is 27.3 Å². The molecule has 1 aliphatic rings. The van der Waals surface area contributed by atoms with Crippen molar-refractivity contribution >= 4 is 6.03 Å². The van der Waals surface area contributed by atoms with Crippen molar-refractivity contribution in [2.24, 2.45) is 0 Å². The van der Waals surface area contributed by atoms with Crippen LogP contribution < -0.4 is 10.6 Å². The van der Waals surface area contributed by atoms with Crippen LogP contribution in [0.25, 0.3) is 0 Å². The van der Waals surface area contributed by atoms with E-state index in [1.807, 2.05) is 30.3 Å². The summed E-state index contributed by atoms with van der Waals surface area (Å²) in [6.07, 6.45) is 5.46. The summed E-state index contributed by atoms with van der Waals surface area (Å²) in [6, 6.07) is 18.3. The van der Waals surface area contributed by atoms with Crippen molar-refractivity contribution in [2.75, 3.05) is 6.54 Å². The first-order valence-corrected chi connectivity index (χ1v) is 9.22. The van der Waals surface area contributed by atoms with Gasteiger partial charge in [0.05, 0.1) is 6.54 Å². The summed E-state index contributed by atoms with van der Waals surface area (Å²) >= 11 is 0. The fourth-order valence-electron chi connectivity index (χ4n) is 3.37. The van der Waals surface area contributed by atoms with Crippen molar-refractivity contribution in [3.63, 3.8) is 0 Å². The number of rotatable bonds is 7. The predicted molar refractivity (Wildman–Crippen MR) is 103 cm³/mol. The molecule has 4 rings (SSSR count). The minimum Gasteiger partial charge on any atom is -0.337 e. The van der Waals surface area contributed by atoms with Crippen LogP contribution in [0.15, 0.2) is 67.3 Å². The molecule has 6 heteroatoms. The Morgan fingerprint density at radius 1 is 1.00 bits per heavy atom. The molecular weight excluding hydrogens is 338 g/mol. The van der Waals surface area contributed by atoms with E-state index in [9.17, 15) is 4.79 Å². The fraction of sp³-hybridized carbons (Fsp3) is 0.286. The van der Waals surface area contributed by atoms with Crippen molar-refractivity contribution < 1.29 is 4.79 Å². The molecule has 0 spiro atoms. The number of aromatic nitrogens is 3. The monoisotopic (exact) mass is 361 g/mol. The van der Waals surface area contributed by atoms with Crippen LogP contribution in [0, 0.1) is 0 Å². The standard InChI is InChI=1S/C21H23N5O/c27-20(24-14-21(10-11-21)19-8-2-1-3-9-19)23-12-17-6-4-5-7-18(17)13-26-16-22-15-25-26/h1-9,15-16H,10-14H2,(H2,23,24,27). The Morgan fingerprint density at radius 2 is 1.74 bits per heavy atom. The number of amides is 2. The minimum atomic E-state index is -0.132. The summed E-state index contributed by atoms with van der Waals surface area (Å²) in [4.78, 5) is 16.3. The molecule has 1 fully saturated rings. The molecule has 1 aromatic heterocycles. The zero-order valence-corrected chi connectivity index (χ0v) is 15.1. The third-order valence-electron chi connectivity index (χ3n) is 5.18. The van der Waals surface area contributed by atoms with Crippen LogP contribution in [0.4, 0.5) is 4.79 Å². The zero-order chi connectivity index (χ0) is 18.5. The second-order valence-electron chi connectivity index (χ2n) is 7.04. The first kappa shape index (κ1) is 17.3. The lowest BCUT2D eigenvalue weighted by Crippen LogP contribution is -2.39. The Bertz CT molecular complexity index is 888. The van der Waals surface area contributed by atoms with Gasteiger partial charge in [-0.25, -0.2) is 14.5 Å². The van der Waals surface area contributed by atoms with Crippen molar-refractivity contribution in [1.82, 2.24) is 25.4 Å². The molecule has 0 saturated heterocycles. The average molecular weight is 361 g/mol. The lowest BCUT2D eigenvalue weighted by atomic mass is 9.96. The maximum absolute atomic E-state index is 12.3. The summed E-state index contributed by atoms with van der Waals surface area (Å²) in [5, 5.41) is 10.2. The van der Waals surface area contributed by atoms with Crippen molar-refractivity contribution in [3.8, 4) is 0 Å². The van der Waals surface area contributed by atoms with Gasteiger partial charge in [-0.1, -0.05) is 54.6 Å². The van der Waals surface area contributed by atoms with E-state index < -0.39 is 0 Å². The van der Waals surface area contributed by atoms with E-state index in [1.54, 1.807) is 11.0 Å². The summed E-state index contributed by atoms with van der Waals surface area (Å²) in [6.45, 7) is 1.79. The third kappa shape index (κ3) is 4.16. The average Bonchev–Trinajstić information content (AvgIpc) is 3.34. The summed E-state index contributed by atoms with van der Waals surface area (Å²) in [5.74, 6) is 0. The Kier molecular flexibility index (Phi) is 4.87. The van der Waals surface area contributed by atoms with Gasteiger partial charge >= 0.3 is 6.03 Å². The van der Waals surface area contributed by atoms with Gasteiger partial charge in [0.25, 0.3) is 0 Å². The van der Waals surface area contributed by atoms with E-state index in [-0.39, 0.29) is 11.4 Å². The second kappa shape index (κ2) is 7.61. The minimum absolute atomic E-state index is 0.115. The predicted octanol–water partition coefficient (Wildman–Crippen LogP) is 2.86. The maximum Gasteiger partial charge on any atom is 0.315 e. The van der Waals surface area contributed by atoms with E-state index in [4.69, 9.17) is 0 Å². The van der Waals surface area contributed by atoms with Crippen LogP contribution in [-0.2, 0) is 18.5 Å². The Hall–Kier alpha value is -3.15. The molecule has 27 heavy (non-hydrogen) atoms. The van der Waals surface area contributed by atoms with Crippen molar-refractivity contribution in [1.29, 1.82) is 0 Å². The molecule has 6 nitrogen and oxygen atoms in total. The van der Waals surface area contributed by atoms with Gasteiger partial charge in [0.2, 0.25) is 0 Å². The number of urea groups is 1. The van der Waals surface area contributed by atoms with Crippen LogP contribution in [0.3, 0.4) is 0 Å². The third-order valence-corrected chi connectivity index (χ3v) is 5.18. The SMILES string of the molecule is O=C(NCc1ccccc1Cn1cncn1)NCC1(c2ccccc2)CC1. The molecule has 2 N–H and O–H groups in total. The molecular formula is C21H23N5O. The molecule has 2 aromatic carbocycles. The van der Waals surface area contributed by atoms with Crippen LogP contribution in [0.1, 0.15) is 29.5 Å². The highest BCUT2D eigenvalue weighted by Crippen LogP contribution is 2.47. The van der Waals surface area contributed by atoms with Crippen LogP contribution in [0.2, 0.25) is 0 Å². The molecule has 0 atom stereocenters. The van der Waals surface area contributed by atoms with Gasteiger partial charge in [-0.15, -0.1) is 0 Å². The topological polar surface area (TPSA) is 71.8 Å². The number of carbonyl (C=O) groups is 1. The van der Waals surface area contributed by atoms with Crippen LogP contribution in [0.5, 0.6) is 0 Å². The molecule has 1 aliphatic carbocycles. The molecule has 1 heterocycles. The molecule has 138 valence electrons. The first-order valence-electron chi connectivity index (χ1n) is 9.22. The summed E-state index contributed by atoms with van der Waals surface area (Å²) in [7, 11) is 0. The van der Waals surface area contributed by atoms with Gasteiger partial charge in [-0.3, -0.25) is 0 Å². The molecule has 0 radical (unpaired) electrons. The van der Waals surface area contributed by atoms with Gasteiger partial charge in [0.15, 0.2) is 0 Å². The number of hydrogen-bond acceptors (Lipinski definition) is 3. The fourth-order valence-corrected chi connectivity index (χ4v) is 3.37. The number of carbonyl (C=O) groups excluding carboxylic acids is 1.